The Bertz CT molecular complexity index is 271. The highest BCUT2D eigenvalue weighted by Crippen LogP contribution is 2.07. The molecule has 0 unspecified atom stereocenters. The molecule has 0 aromatic rings. The van der Waals surface area contributed by atoms with Gasteiger partial charge in [-0.05, 0) is 57.5 Å². The quantitative estimate of drug-likeness (QED) is 0.288. The molecule has 0 rings (SSSR count). The van der Waals surface area contributed by atoms with Crippen LogP contribution >= 0.6 is 71.0 Å². The second-order valence-corrected chi connectivity index (χ2v) is 8.29. The van der Waals surface area contributed by atoms with Gasteiger partial charge < -0.3 is 9.84 Å². The number of alkyl halides is 4. The molecule has 0 fully saturated rings. The van der Waals surface area contributed by atoms with Crippen LogP contribution in [0.25, 0.3) is 0 Å². The van der Waals surface area contributed by atoms with E-state index in [0.29, 0.717) is 5.33 Å². The molecule has 0 aliphatic carbocycles. The molecule has 4 nitrogen and oxygen atoms in total. The monoisotopic (exact) mass is 552 g/mol. The molecule has 0 radical (unpaired) electrons. The van der Waals surface area contributed by atoms with Crippen molar-refractivity contribution in [2.45, 2.75) is 52.7 Å². The molecule has 0 bridgehead atoms. The van der Waals surface area contributed by atoms with E-state index in [1.165, 1.54) is 0 Å². The Morgan fingerprint density at radius 2 is 1.23 bits per heavy atom. The van der Waals surface area contributed by atoms with Crippen LogP contribution in [-0.4, -0.2) is 43.0 Å². The van der Waals surface area contributed by atoms with E-state index in [1.807, 2.05) is 20.8 Å². The molecule has 0 heterocycles. The van der Waals surface area contributed by atoms with Crippen LogP contribution in [0.3, 0.4) is 0 Å². The van der Waals surface area contributed by atoms with E-state index in [4.69, 9.17) is 33.0 Å². The fourth-order valence-electron chi connectivity index (χ4n) is 0.369. The van der Waals surface area contributed by atoms with Gasteiger partial charge in [-0.2, -0.15) is 0 Å². The summed E-state index contributed by atoms with van der Waals surface area (Å²) in [6, 6.07) is 0. The summed E-state index contributed by atoms with van der Waals surface area (Å²) in [4.78, 5) is 20.2. The summed E-state index contributed by atoms with van der Waals surface area (Å²) in [7, 11) is 0. The Kier molecular flexibility index (Phi) is 26.0. The van der Waals surface area contributed by atoms with Crippen LogP contribution in [-0.2, 0) is 14.3 Å². The van der Waals surface area contributed by atoms with Crippen LogP contribution < -0.4 is 0 Å². The third kappa shape index (κ3) is 83.5. The smallest absolute Gasteiger partial charge is 0.317 e. The van der Waals surface area contributed by atoms with Crippen molar-refractivity contribution in [1.82, 2.24) is 0 Å². The minimum Gasteiger partial charge on any atom is -0.459 e. The summed E-state index contributed by atoms with van der Waals surface area (Å²) in [5, 5.41) is 9.38. The van der Waals surface area contributed by atoms with E-state index in [0.717, 1.165) is 0 Å². The number of hydrogen-bond acceptors (Lipinski definition) is 4. The predicted molar refractivity (Wildman–Crippen MR) is 106 cm³/mol. The second-order valence-electron chi connectivity index (χ2n) is 5.48. The molecule has 0 spiro atoms. The van der Waals surface area contributed by atoms with Crippen molar-refractivity contribution in [1.29, 1.82) is 0 Å². The normalized spacial score (nSPS) is 9.82. The highest BCUT2D eigenvalue weighted by atomic mass is 79.9. The summed E-state index contributed by atoms with van der Waals surface area (Å²) in [5.74, 6) is -0.220. The minimum absolute atomic E-state index is 0.0162. The van der Waals surface area contributed by atoms with Gasteiger partial charge in [0.1, 0.15) is 10.9 Å². The van der Waals surface area contributed by atoms with Crippen LogP contribution in [0.5, 0.6) is 0 Å². The molecule has 136 valence electrons. The van der Waals surface area contributed by atoms with E-state index >= 15 is 0 Å². The van der Waals surface area contributed by atoms with Crippen LogP contribution in [0, 0.1) is 0 Å². The topological polar surface area (TPSA) is 63.6 Å². The number of esters is 1. The average Bonchev–Trinajstić information content (AvgIpc) is 2.26. The molecule has 0 atom stereocenters. The number of carbonyl (C=O) groups is 2. The maximum absolute atomic E-state index is 10.6. The van der Waals surface area contributed by atoms with Crippen LogP contribution in [0.1, 0.15) is 41.5 Å². The zero-order valence-electron chi connectivity index (χ0n) is 13.7. The predicted octanol–water partition coefficient (Wildman–Crippen LogP) is 5.22. The summed E-state index contributed by atoms with van der Waals surface area (Å²) in [6.07, 6.45) is 0. The summed E-state index contributed by atoms with van der Waals surface area (Å²) >= 11 is 18.1. The number of aliphatic hydroxyl groups is 1. The first kappa shape index (κ1) is 30.9. The maximum atomic E-state index is 10.6. The Hall–Kier alpha value is 1.12. The zero-order chi connectivity index (χ0) is 19.0. The van der Waals surface area contributed by atoms with Gasteiger partial charge in [0.15, 0.2) is 0 Å². The van der Waals surface area contributed by atoms with Crippen molar-refractivity contribution in [3.63, 3.8) is 0 Å². The first-order valence-corrected chi connectivity index (χ1v) is 10.1. The molecule has 0 aliphatic heterocycles. The third-order valence-electron chi connectivity index (χ3n) is 0.634. The number of hydrogen-bond donors (Lipinski definition) is 1. The Morgan fingerprint density at radius 3 is 1.27 bits per heavy atom. The molecule has 0 saturated carbocycles. The van der Waals surface area contributed by atoms with Gasteiger partial charge in [0.2, 0.25) is 4.69 Å². The molecular formula is C13H25Br3Cl2O4. The average molecular weight is 556 g/mol. The zero-order valence-corrected chi connectivity index (χ0v) is 20.0. The maximum Gasteiger partial charge on any atom is 0.317 e. The van der Waals surface area contributed by atoms with E-state index < -0.39 is 5.60 Å². The standard InChI is InChI=1S/C6H11BrO2.C4H10O.C2H2Br2O.CH2Cl2/c1-6(2,3)9-5(8)4-7;1-4(2,3)5;3-1-2(4)5;2-1-3/h4H2,1-3H3;5H,1-3H3;1H2;1H2. The first-order valence-electron chi connectivity index (χ1n) is 6.01. The van der Waals surface area contributed by atoms with Gasteiger partial charge in [0.05, 0.1) is 16.3 Å². The van der Waals surface area contributed by atoms with Crippen molar-refractivity contribution in [3.8, 4) is 0 Å². The van der Waals surface area contributed by atoms with Gasteiger partial charge in [-0.3, -0.25) is 9.59 Å². The molecular weight excluding hydrogens is 531 g/mol. The van der Waals surface area contributed by atoms with Crippen molar-refractivity contribution in [2.24, 2.45) is 0 Å². The Labute approximate surface area is 169 Å². The lowest BCUT2D eigenvalue weighted by molar-refractivity contribution is -0.151. The Morgan fingerprint density at radius 1 is 1.00 bits per heavy atom. The fourth-order valence-corrected chi connectivity index (χ4v) is 0.483. The van der Waals surface area contributed by atoms with Crippen molar-refractivity contribution < 1.29 is 19.4 Å². The lowest BCUT2D eigenvalue weighted by Crippen LogP contribution is -2.24. The van der Waals surface area contributed by atoms with Gasteiger partial charge >= 0.3 is 5.97 Å². The minimum atomic E-state index is -0.500. The summed E-state index contributed by atoms with van der Waals surface area (Å²) in [6.45, 7) is 10.8. The van der Waals surface area contributed by atoms with Crippen molar-refractivity contribution in [3.05, 3.63) is 0 Å². The Balaban J connectivity index is -0.000000107. The number of carbonyl (C=O) groups excluding carboxylic acids is 2. The molecule has 1 N–H and O–H groups in total. The fraction of sp³-hybridized carbons (Fsp3) is 0.846. The highest BCUT2D eigenvalue weighted by molar-refractivity contribution is 9.19. The van der Waals surface area contributed by atoms with Crippen LogP contribution in [0.2, 0.25) is 0 Å². The van der Waals surface area contributed by atoms with Crippen LogP contribution in [0.4, 0.5) is 0 Å². The first-order chi connectivity index (χ1) is 9.64. The van der Waals surface area contributed by atoms with Crippen LogP contribution in [0.15, 0.2) is 0 Å². The number of halogens is 5. The highest BCUT2D eigenvalue weighted by Gasteiger charge is 2.14. The SMILES string of the molecule is CC(C)(C)O.CC(C)(C)OC(=O)CBr.ClCCl.O=C(Br)CBr. The molecule has 0 saturated heterocycles. The van der Waals surface area contributed by atoms with Gasteiger partial charge in [-0.25, -0.2) is 0 Å². The van der Waals surface area contributed by atoms with Crippen molar-refractivity contribution >= 4 is 81.7 Å². The van der Waals surface area contributed by atoms with Gasteiger partial charge in [0.25, 0.3) is 0 Å². The molecule has 0 aromatic heterocycles. The summed E-state index contributed by atoms with van der Waals surface area (Å²) in [5.41, 5.74) is -0.856. The molecule has 0 aromatic carbocycles. The third-order valence-corrected chi connectivity index (χ3v) is 2.63. The van der Waals surface area contributed by atoms with Gasteiger partial charge in [-0.1, -0.05) is 31.9 Å². The number of ether oxygens (including phenoxy) is 1. The molecule has 22 heavy (non-hydrogen) atoms. The molecule has 9 heteroatoms. The van der Waals surface area contributed by atoms with Gasteiger partial charge in [-0.15, -0.1) is 23.2 Å². The van der Waals surface area contributed by atoms with Crippen molar-refractivity contribution in [2.75, 3.05) is 16.0 Å². The molecule has 0 amide bonds. The lowest BCUT2D eigenvalue weighted by atomic mass is 10.2. The number of rotatable bonds is 2. The lowest BCUT2D eigenvalue weighted by Gasteiger charge is -2.18. The second kappa shape index (κ2) is 18.5. The largest absolute Gasteiger partial charge is 0.459 e. The van der Waals surface area contributed by atoms with E-state index in [2.05, 4.69) is 47.8 Å². The van der Waals surface area contributed by atoms with E-state index in [1.54, 1.807) is 20.8 Å². The molecule has 0 aliphatic rings. The van der Waals surface area contributed by atoms with Gasteiger partial charge in [0, 0.05) is 0 Å². The van der Waals surface area contributed by atoms with E-state index in [9.17, 15) is 9.59 Å². The van der Waals surface area contributed by atoms with E-state index in [-0.39, 0.29) is 26.9 Å². The summed E-state index contributed by atoms with van der Waals surface area (Å²) < 4.78 is 4.88.